The summed E-state index contributed by atoms with van der Waals surface area (Å²) in [6, 6.07) is 3.95. The number of nitrogen functional groups attached to an aromatic ring is 1. The summed E-state index contributed by atoms with van der Waals surface area (Å²) in [6.07, 6.45) is 1.04. The average molecular weight is 342 g/mol. The number of anilines is 3. The number of thiophene rings is 1. The van der Waals surface area contributed by atoms with Gasteiger partial charge in [0, 0.05) is 27.3 Å². The van der Waals surface area contributed by atoms with Crippen LogP contribution in [0.25, 0.3) is 0 Å². The minimum Gasteiger partial charge on any atom is -0.370 e. The Bertz CT molecular complexity index is 543. The second-order valence-electron chi connectivity index (χ2n) is 4.01. The summed E-state index contributed by atoms with van der Waals surface area (Å²) < 4.78 is 1.10. The highest BCUT2D eigenvalue weighted by Crippen LogP contribution is 2.21. The summed E-state index contributed by atoms with van der Waals surface area (Å²) in [5, 5.41) is 8.51. The molecular weight excluding hydrogens is 326 g/mol. The maximum atomic E-state index is 5.70. The predicted octanol–water partition coefficient (Wildman–Crippen LogP) is 3.32. The SMILES string of the molecule is CCCNc1cc(NCc2cc(Br)cs2)nc(N)n1. The summed E-state index contributed by atoms with van der Waals surface area (Å²) in [5.41, 5.74) is 5.70. The van der Waals surface area contributed by atoms with Crippen molar-refractivity contribution in [2.75, 3.05) is 22.9 Å². The fourth-order valence-electron chi connectivity index (χ4n) is 1.52. The molecule has 0 radical (unpaired) electrons. The van der Waals surface area contributed by atoms with Gasteiger partial charge < -0.3 is 16.4 Å². The van der Waals surface area contributed by atoms with Crippen molar-refractivity contribution in [1.82, 2.24) is 9.97 Å². The largest absolute Gasteiger partial charge is 0.370 e. The summed E-state index contributed by atoms with van der Waals surface area (Å²) in [6.45, 7) is 3.69. The van der Waals surface area contributed by atoms with Crippen LogP contribution in [0.2, 0.25) is 0 Å². The molecule has 19 heavy (non-hydrogen) atoms. The first-order chi connectivity index (χ1) is 9.17. The molecule has 2 heterocycles. The van der Waals surface area contributed by atoms with Crippen molar-refractivity contribution in [2.24, 2.45) is 0 Å². The Morgan fingerprint density at radius 1 is 1.26 bits per heavy atom. The molecule has 102 valence electrons. The van der Waals surface area contributed by atoms with Crippen molar-refractivity contribution >= 4 is 44.9 Å². The number of nitrogens with one attached hydrogen (secondary N) is 2. The van der Waals surface area contributed by atoms with E-state index in [1.54, 1.807) is 11.3 Å². The van der Waals surface area contributed by atoms with Crippen LogP contribution >= 0.6 is 27.3 Å². The monoisotopic (exact) mass is 341 g/mol. The van der Waals surface area contributed by atoms with E-state index in [0.717, 1.165) is 35.6 Å². The average Bonchev–Trinajstić information content (AvgIpc) is 2.79. The van der Waals surface area contributed by atoms with Crippen molar-refractivity contribution in [3.8, 4) is 0 Å². The lowest BCUT2D eigenvalue weighted by Gasteiger charge is -2.08. The van der Waals surface area contributed by atoms with Gasteiger partial charge in [-0.15, -0.1) is 11.3 Å². The van der Waals surface area contributed by atoms with Gasteiger partial charge >= 0.3 is 0 Å². The van der Waals surface area contributed by atoms with E-state index in [2.05, 4.69) is 54.9 Å². The molecule has 5 nitrogen and oxygen atoms in total. The molecule has 0 aliphatic rings. The van der Waals surface area contributed by atoms with Crippen LogP contribution in [0.5, 0.6) is 0 Å². The first-order valence-corrected chi connectivity index (χ1v) is 7.70. The first kappa shape index (κ1) is 14.1. The Balaban J connectivity index is 2.01. The summed E-state index contributed by atoms with van der Waals surface area (Å²) in [5.74, 6) is 1.76. The number of aromatic nitrogens is 2. The zero-order chi connectivity index (χ0) is 13.7. The predicted molar refractivity (Wildman–Crippen MR) is 84.6 cm³/mol. The highest BCUT2D eigenvalue weighted by atomic mass is 79.9. The van der Waals surface area contributed by atoms with E-state index < -0.39 is 0 Å². The minimum atomic E-state index is 0.274. The third kappa shape index (κ3) is 4.36. The van der Waals surface area contributed by atoms with Crippen LogP contribution in [0.3, 0.4) is 0 Å². The lowest BCUT2D eigenvalue weighted by Crippen LogP contribution is -2.08. The number of rotatable bonds is 6. The molecule has 0 saturated heterocycles. The molecule has 0 bridgehead atoms. The number of hydrogen-bond donors (Lipinski definition) is 3. The highest BCUT2D eigenvalue weighted by molar-refractivity contribution is 9.10. The number of hydrogen-bond acceptors (Lipinski definition) is 6. The van der Waals surface area contributed by atoms with E-state index in [-0.39, 0.29) is 5.95 Å². The molecular formula is C12H16BrN5S. The van der Waals surface area contributed by atoms with Gasteiger partial charge in [0.25, 0.3) is 0 Å². The van der Waals surface area contributed by atoms with Gasteiger partial charge in [-0.3, -0.25) is 0 Å². The highest BCUT2D eigenvalue weighted by Gasteiger charge is 2.03. The molecule has 0 unspecified atom stereocenters. The molecule has 2 aromatic heterocycles. The van der Waals surface area contributed by atoms with Gasteiger partial charge in [-0.25, -0.2) is 0 Å². The zero-order valence-electron chi connectivity index (χ0n) is 10.6. The lowest BCUT2D eigenvalue weighted by molar-refractivity contribution is 0.965. The van der Waals surface area contributed by atoms with Gasteiger partial charge in [0.1, 0.15) is 11.6 Å². The van der Waals surface area contributed by atoms with E-state index in [1.807, 2.05) is 6.07 Å². The fraction of sp³-hybridized carbons (Fsp3) is 0.333. The Labute approximate surface area is 124 Å². The third-order valence-corrected chi connectivity index (χ3v) is 4.06. The van der Waals surface area contributed by atoms with Gasteiger partial charge in [-0.1, -0.05) is 6.92 Å². The normalized spacial score (nSPS) is 10.4. The van der Waals surface area contributed by atoms with Crippen molar-refractivity contribution < 1.29 is 0 Å². The van der Waals surface area contributed by atoms with Crippen LogP contribution in [-0.2, 0) is 6.54 Å². The number of nitrogens with two attached hydrogens (primary N) is 1. The van der Waals surface area contributed by atoms with E-state index in [4.69, 9.17) is 5.73 Å². The maximum Gasteiger partial charge on any atom is 0.223 e. The van der Waals surface area contributed by atoms with Crippen LogP contribution in [0, 0.1) is 0 Å². The molecule has 7 heteroatoms. The Hall–Kier alpha value is -1.34. The van der Waals surface area contributed by atoms with Crippen LogP contribution in [-0.4, -0.2) is 16.5 Å². The second-order valence-corrected chi connectivity index (χ2v) is 5.92. The topological polar surface area (TPSA) is 75.9 Å². The first-order valence-electron chi connectivity index (χ1n) is 6.02. The molecule has 0 atom stereocenters. The van der Waals surface area contributed by atoms with E-state index >= 15 is 0 Å². The van der Waals surface area contributed by atoms with Gasteiger partial charge in [0.2, 0.25) is 5.95 Å². The standard InChI is InChI=1S/C12H16BrN5S/c1-2-3-15-10-5-11(18-12(14)17-10)16-6-9-4-8(13)7-19-9/h4-5,7H,2-3,6H2,1H3,(H4,14,15,16,17,18). The smallest absolute Gasteiger partial charge is 0.223 e. The molecule has 0 amide bonds. The van der Waals surface area contributed by atoms with Crippen LogP contribution in [0.1, 0.15) is 18.2 Å². The second kappa shape index (κ2) is 6.72. The molecule has 2 rings (SSSR count). The molecule has 0 aromatic carbocycles. The molecule has 0 aliphatic heterocycles. The number of halogens is 1. The minimum absolute atomic E-state index is 0.274. The Kier molecular flexibility index (Phi) is 4.98. The van der Waals surface area contributed by atoms with E-state index in [0.29, 0.717) is 0 Å². The van der Waals surface area contributed by atoms with Gasteiger partial charge in [0.15, 0.2) is 0 Å². The summed E-state index contributed by atoms with van der Waals surface area (Å²) in [7, 11) is 0. The van der Waals surface area contributed by atoms with Gasteiger partial charge in [0.05, 0.1) is 6.54 Å². The van der Waals surface area contributed by atoms with Crippen LogP contribution in [0.15, 0.2) is 22.0 Å². The van der Waals surface area contributed by atoms with E-state index in [9.17, 15) is 0 Å². The van der Waals surface area contributed by atoms with Gasteiger partial charge in [-0.05, 0) is 28.4 Å². The molecule has 0 aliphatic carbocycles. The van der Waals surface area contributed by atoms with Crippen molar-refractivity contribution in [3.63, 3.8) is 0 Å². The maximum absolute atomic E-state index is 5.70. The molecule has 0 saturated carbocycles. The fourth-order valence-corrected chi connectivity index (χ4v) is 2.91. The summed E-state index contributed by atoms with van der Waals surface area (Å²) in [4.78, 5) is 9.54. The lowest BCUT2D eigenvalue weighted by atomic mass is 10.4. The van der Waals surface area contributed by atoms with Crippen LogP contribution < -0.4 is 16.4 Å². The van der Waals surface area contributed by atoms with Crippen molar-refractivity contribution in [3.05, 3.63) is 26.9 Å². The molecule has 0 fully saturated rings. The van der Waals surface area contributed by atoms with Gasteiger partial charge in [-0.2, -0.15) is 9.97 Å². The Morgan fingerprint density at radius 2 is 2.00 bits per heavy atom. The third-order valence-electron chi connectivity index (χ3n) is 2.37. The molecule has 2 aromatic rings. The quantitative estimate of drug-likeness (QED) is 0.751. The van der Waals surface area contributed by atoms with E-state index in [1.165, 1.54) is 4.88 Å². The molecule has 0 spiro atoms. The van der Waals surface area contributed by atoms with Crippen molar-refractivity contribution in [2.45, 2.75) is 19.9 Å². The van der Waals surface area contributed by atoms with Crippen molar-refractivity contribution in [1.29, 1.82) is 0 Å². The summed E-state index contributed by atoms with van der Waals surface area (Å²) >= 11 is 5.13. The number of nitrogens with zero attached hydrogens (tertiary/aromatic N) is 2. The molecule has 4 N–H and O–H groups in total. The Morgan fingerprint density at radius 3 is 2.63 bits per heavy atom. The zero-order valence-corrected chi connectivity index (χ0v) is 13.0. The van der Waals surface area contributed by atoms with Crippen LogP contribution in [0.4, 0.5) is 17.6 Å².